The Kier molecular flexibility index (Phi) is 3.34. The molecule has 0 unspecified atom stereocenters. The van der Waals surface area contributed by atoms with E-state index in [0.29, 0.717) is 21.5 Å². The van der Waals surface area contributed by atoms with Crippen LogP contribution in [0.2, 0.25) is 5.02 Å². The number of hydrogen-bond acceptors (Lipinski definition) is 2. The summed E-state index contributed by atoms with van der Waals surface area (Å²) in [7, 11) is 0. The van der Waals surface area contributed by atoms with Crippen LogP contribution in [-0.4, -0.2) is 12.6 Å². The first-order valence-electron chi connectivity index (χ1n) is 5.94. The normalized spacial score (nSPS) is 15.5. The average molecular weight is 333 g/mol. The Labute approximate surface area is 118 Å². The Balaban J connectivity index is 1.91. The lowest BCUT2D eigenvalue weighted by Crippen LogP contribution is -2.19. The van der Waals surface area contributed by atoms with Crippen LogP contribution in [-0.2, 0) is 6.42 Å². The molecule has 2 nitrogen and oxygen atoms in total. The molecule has 1 aliphatic carbocycles. The minimum atomic E-state index is -0.398. The largest absolute Gasteiger partial charge is 0.463 e. The lowest BCUT2D eigenvalue weighted by Gasteiger charge is -2.03. The van der Waals surface area contributed by atoms with Crippen LogP contribution in [0.1, 0.15) is 18.4 Å². The highest BCUT2D eigenvalue weighted by Gasteiger charge is 2.21. The van der Waals surface area contributed by atoms with Gasteiger partial charge in [-0.1, -0.05) is 11.6 Å². The van der Waals surface area contributed by atoms with E-state index in [1.54, 1.807) is 6.26 Å². The highest BCUT2D eigenvalue weighted by Crippen LogP contribution is 2.35. The van der Waals surface area contributed by atoms with E-state index < -0.39 is 5.82 Å². The maximum absolute atomic E-state index is 14.0. The highest BCUT2D eigenvalue weighted by molar-refractivity contribution is 9.10. The molecule has 3 rings (SSSR count). The Morgan fingerprint density at radius 2 is 2.28 bits per heavy atom. The van der Waals surface area contributed by atoms with E-state index >= 15 is 0 Å². The second kappa shape index (κ2) is 4.83. The molecule has 1 saturated carbocycles. The molecule has 2 aromatic rings. The Hall–Kier alpha value is -0.580. The molecule has 0 radical (unpaired) electrons. The molecule has 1 fully saturated rings. The van der Waals surface area contributed by atoms with Gasteiger partial charge in [0.05, 0.1) is 21.1 Å². The van der Waals surface area contributed by atoms with Crippen LogP contribution in [0.15, 0.2) is 21.2 Å². The van der Waals surface area contributed by atoms with E-state index in [0.717, 1.165) is 18.5 Å². The molecule has 1 aromatic carbocycles. The zero-order chi connectivity index (χ0) is 12.7. The molecule has 96 valence electrons. The van der Waals surface area contributed by atoms with Crippen LogP contribution >= 0.6 is 27.5 Å². The van der Waals surface area contributed by atoms with Crippen LogP contribution in [0, 0.1) is 5.82 Å². The maximum atomic E-state index is 14.0. The van der Waals surface area contributed by atoms with Crippen molar-refractivity contribution in [1.29, 1.82) is 0 Å². The predicted molar refractivity (Wildman–Crippen MR) is 73.6 cm³/mol. The molecule has 0 atom stereocenters. The van der Waals surface area contributed by atoms with Crippen molar-refractivity contribution in [3.8, 4) is 0 Å². The zero-order valence-corrected chi connectivity index (χ0v) is 11.9. The second-order valence-corrected chi connectivity index (χ2v) is 5.86. The zero-order valence-electron chi connectivity index (χ0n) is 9.60. The summed E-state index contributed by atoms with van der Waals surface area (Å²) in [6.45, 7) is 0.836. The van der Waals surface area contributed by atoms with E-state index in [1.165, 1.54) is 18.9 Å². The smallest absolute Gasteiger partial charge is 0.153 e. The first-order valence-corrected chi connectivity index (χ1v) is 7.11. The van der Waals surface area contributed by atoms with Crippen molar-refractivity contribution in [2.75, 3.05) is 6.54 Å². The molecule has 0 spiro atoms. The monoisotopic (exact) mass is 331 g/mol. The minimum Gasteiger partial charge on any atom is -0.463 e. The van der Waals surface area contributed by atoms with Gasteiger partial charge in [0.15, 0.2) is 11.4 Å². The maximum Gasteiger partial charge on any atom is 0.153 e. The summed E-state index contributed by atoms with van der Waals surface area (Å²) in [6, 6.07) is 2.18. The van der Waals surface area contributed by atoms with Gasteiger partial charge in [-0.3, -0.25) is 0 Å². The molecule has 18 heavy (non-hydrogen) atoms. The van der Waals surface area contributed by atoms with Gasteiger partial charge in [-0.15, -0.1) is 0 Å². The summed E-state index contributed by atoms with van der Waals surface area (Å²) in [5, 5.41) is 4.01. The van der Waals surface area contributed by atoms with Gasteiger partial charge >= 0.3 is 0 Å². The topological polar surface area (TPSA) is 25.2 Å². The van der Waals surface area contributed by atoms with Crippen LogP contribution in [0.25, 0.3) is 11.0 Å². The first kappa shape index (κ1) is 12.5. The third kappa shape index (κ3) is 2.29. The summed E-state index contributed by atoms with van der Waals surface area (Å²) >= 11 is 9.19. The van der Waals surface area contributed by atoms with E-state index in [-0.39, 0.29) is 5.02 Å². The first-order chi connectivity index (χ1) is 8.66. The van der Waals surface area contributed by atoms with Gasteiger partial charge in [-0.05, 0) is 47.8 Å². The molecule has 1 aliphatic rings. The summed E-state index contributed by atoms with van der Waals surface area (Å²) in [6.07, 6.45) is 4.85. The van der Waals surface area contributed by atoms with Crippen molar-refractivity contribution in [3.63, 3.8) is 0 Å². The van der Waals surface area contributed by atoms with Gasteiger partial charge in [-0.2, -0.15) is 0 Å². The number of nitrogens with one attached hydrogen (secondary N) is 1. The summed E-state index contributed by atoms with van der Waals surface area (Å²) in [5.74, 6) is -0.398. The second-order valence-electron chi connectivity index (χ2n) is 4.60. The van der Waals surface area contributed by atoms with Crippen LogP contribution in [0.3, 0.4) is 0 Å². The van der Waals surface area contributed by atoms with Gasteiger partial charge in [0, 0.05) is 11.6 Å². The number of halogens is 3. The van der Waals surface area contributed by atoms with E-state index in [9.17, 15) is 4.39 Å². The summed E-state index contributed by atoms with van der Waals surface area (Å²) < 4.78 is 20.1. The van der Waals surface area contributed by atoms with Crippen molar-refractivity contribution in [2.45, 2.75) is 25.3 Å². The summed E-state index contributed by atoms with van der Waals surface area (Å²) in [5.41, 5.74) is 1.39. The lowest BCUT2D eigenvalue weighted by atomic mass is 10.1. The Bertz CT molecular complexity index is 594. The van der Waals surface area contributed by atoms with Crippen molar-refractivity contribution in [2.24, 2.45) is 0 Å². The van der Waals surface area contributed by atoms with Crippen LogP contribution in [0.4, 0.5) is 4.39 Å². The molecule has 0 bridgehead atoms. The number of benzene rings is 1. The van der Waals surface area contributed by atoms with Crippen molar-refractivity contribution in [1.82, 2.24) is 5.32 Å². The van der Waals surface area contributed by atoms with Gasteiger partial charge < -0.3 is 9.73 Å². The lowest BCUT2D eigenvalue weighted by molar-refractivity contribution is 0.602. The molecular formula is C13H12BrClFNO. The molecule has 5 heteroatoms. The average Bonchev–Trinajstić information content (AvgIpc) is 3.05. The van der Waals surface area contributed by atoms with E-state index in [1.807, 2.05) is 0 Å². The van der Waals surface area contributed by atoms with Gasteiger partial charge in [0.25, 0.3) is 0 Å². The molecule has 0 aliphatic heterocycles. The molecule has 0 saturated heterocycles. The highest BCUT2D eigenvalue weighted by atomic mass is 79.9. The fourth-order valence-corrected chi connectivity index (χ4v) is 2.91. The molecule has 0 amide bonds. The molecule has 1 N–H and O–H groups in total. The number of hydrogen-bond donors (Lipinski definition) is 1. The number of rotatable bonds is 4. The number of furan rings is 1. The molecule has 1 aromatic heterocycles. The third-order valence-electron chi connectivity index (χ3n) is 3.17. The van der Waals surface area contributed by atoms with Gasteiger partial charge in [0.1, 0.15) is 0 Å². The standard InChI is InChI=1S/C13H12BrClFNO/c14-9-5-10(15)12(16)11-7(6-18-13(9)11)3-4-17-8-1-2-8/h5-6,8,17H,1-4H2. The fourth-order valence-electron chi connectivity index (χ4n) is 2.05. The van der Waals surface area contributed by atoms with E-state index in [4.69, 9.17) is 16.0 Å². The van der Waals surface area contributed by atoms with Crippen LogP contribution in [0.5, 0.6) is 0 Å². The van der Waals surface area contributed by atoms with Crippen molar-refractivity contribution >= 4 is 38.5 Å². The Morgan fingerprint density at radius 3 is 3.00 bits per heavy atom. The molecule has 1 heterocycles. The molecular weight excluding hydrogens is 321 g/mol. The minimum absolute atomic E-state index is 0.118. The fraction of sp³-hybridized carbons (Fsp3) is 0.385. The van der Waals surface area contributed by atoms with Gasteiger partial charge in [0.2, 0.25) is 0 Å². The van der Waals surface area contributed by atoms with E-state index in [2.05, 4.69) is 21.2 Å². The van der Waals surface area contributed by atoms with Crippen molar-refractivity contribution in [3.05, 3.63) is 33.2 Å². The number of fused-ring (bicyclic) bond motifs is 1. The Morgan fingerprint density at radius 1 is 1.50 bits per heavy atom. The van der Waals surface area contributed by atoms with Crippen LogP contribution < -0.4 is 5.32 Å². The van der Waals surface area contributed by atoms with Gasteiger partial charge in [-0.25, -0.2) is 4.39 Å². The third-order valence-corrected chi connectivity index (χ3v) is 4.04. The quantitative estimate of drug-likeness (QED) is 0.845. The summed E-state index contributed by atoms with van der Waals surface area (Å²) in [4.78, 5) is 0. The predicted octanol–water partition coefficient (Wildman–Crippen LogP) is 4.28. The van der Waals surface area contributed by atoms with Crippen molar-refractivity contribution < 1.29 is 8.81 Å². The SMILES string of the molecule is Fc1c(Cl)cc(Br)c2occ(CCNC3CC3)c12.